The smallest absolute Gasteiger partial charge is 0.251 e. The van der Waals surface area contributed by atoms with E-state index in [9.17, 15) is 20.1 Å². The molecule has 0 radical (unpaired) electrons. The van der Waals surface area contributed by atoms with Crippen LogP contribution in [0.5, 0.6) is 17.2 Å². The highest BCUT2D eigenvalue weighted by atomic mass is 16.5. The van der Waals surface area contributed by atoms with Crippen molar-refractivity contribution in [2.45, 2.75) is 97.2 Å². The van der Waals surface area contributed by atoms with Crippen LogP contribution in [0.2, 0.25) is 0 Å². The highest BCUT2D eigenvalue weighted by Crippen LogP contribution is 2.89. The van der Waals surface area contributed by atoms with Crippen LogP contribution in [0.15, 0.2) is 12.1 Å². The summed E-state index contributed by atoms with van der Waals surface area (Å²) in [6.45, 7) is 9.50. The minimum atomic E-state index is -0.438. The summed E-state index contributed by atoms with van der Waals surface area (Å²) in [5.41, 5.74) is 0.571. The minimum Gasteiger partial charge on any atom is -0.502 e. The second-order valence-electron chi connectivity index (χ2n) is 16.0. The van der Waals surface area contributed by atoms with Gasteiger partial charge in [-0.1, -0.05) is 20.8 Å². The molecule has 2 spiro atoms. The van der Waals surface area contributed by atoms with Crippen LogP contribution in [0.1, 0.15) is 89.4 Å². The van der Waals surface area contributed by atoms with Gasteiger partial charge < -0.3 is 35.0 Å². The summed E-state index contributed by atoms with van der Waals surface area (Å²) in [6, 6.07) is 3.23. The van der Waals surface area contributed by atoms with Gasteiger partial charge in [0, 0.05) is 29.0 Å². The highest BCUT2D eigenvalue weighted by molar-refractivity contribution is 5.95. The Labute approximate surface area is 257 Å². The summed E-state index contributed by atoms with van der Waals surface area (Å²) in [4.78, 5) is 15.9. The van der Waals surface area contributed by atoms with E-state index in [4.69, 9.17) is 9.47 Å². The van der Waals surface area contributed by atoms with Crippen molar-refractivity contribution in [1.82, 2.24) is 10.2 Å². The van der Waals surface area contributed by atoms with E-state index in [0.29, 0.717) is 23.4 Å². The SMILES string of the molecule is COc1cc(C(=O)N[C@H]2CCC34CC35CC[C@]3(C)[C@@H]([C@H](C)N(C)C)[C@H](O)CC3(C)C5CC[C@H]4[C@]2(C)CO)cc(OC)c1O. The van der Waals surface area contributed by atoms with Crippen molar-refractivity contribution in [3.63, 3.8) is 0 Å². The first-order valence-corrected chi connectivity index (χ1v) is 16.4. The third kappa shape index (κ3) is 3.87. The molecule has 240 valence electrons. The number of aliphatic hydroxyl groups excluding tert-OH is 2. The molecule has 4 N–H and O–H groups in total. The fraction of sp³-hybridized carbons (Fsp3) is 0.800. The molecule has 8 nitrogen and oxygen atoms in total. The number of ether oxygens (including phenoxy) is 2. The fourth-order valence-electron chi connectivity index (χ4n) is 12.2. The molecule has 43 heavy (non-hydrogen) atoms. The van der Waals surface area contributed by atoms with E-state index in [1.54, 1.807) is 0 Å². The summed E-state index contributed by atoms with van der Waals surface area (Å²) < 4.78 is 10.6. The fourth-order valence-corrected chi connectivity index (χ4v) is 12.2. The van der Waals surface area contributed by atoms with Crippen molar-refractivity contribution in [2.24, 2.45) is 44.8 Å². The topological polar surface area (TPSA) is 111 Å². The number of nitrogens with zero attached hydrogens (tertiary/aromatic N) is 1. The van der Waals surface area contributed by atoms with E-state index in [2.05, 4.69) is 52.0 Å². The second kappa shape index (κ2) is 9.98. The largest absolute Gasteiger partial charge is 0.502 e. The molecule has 11 atom stereocenters. The van der Waals surface area contributed by atoms with E-state index in [-0.39, 0.29) is 69.5 Å². The van der Waals surface area contributed by atoms with Crippen LogP contribution in [0.4, 0.5) is 0 Å². The standard InChI is InChI=1S/C35H54N2O6/c1-20(37(5)6)28-22(39)17-33(4)26-10-9-25-31(2,19-38)27(11-12-34(25)18-35(26,34)14-13-32(28,33)3)36-30(41)21-15-23(42-7)29(40)24(16-21)43-8/h15-16,20,22,25-28,38-40H,9-14,17-19H2,1-8H3,(H,36,41)/t20-,22+,25-,26?,27-,28-,31-,32+,33?,34?,35?/m0/s1. The molecule has 6 rings (SSSR count). The molecule has 0 saturated heterocycles. The number of nitrogens with one attached hydrogen (secondary N) is 1. The molecule has 5 aliphatic carbocycles. The lowest BCUT2D eigenvalue weighted by atomic mass is 9.41. The molecule has 4 unspecified atom stereocenters. The maximum absolute atomic E-state index is 13.6. The van der Waals surface area contributed by atoms with E-state index in [1.807, 2.05) is 0 Å². The Morgan fingerprint density at radius 2 is 1.60 bits per heavy atom. The molecule has 0 heterocycles. The third-order valence-corrected chi connectivity index (χ3v) is 14.7. The van der Waals surface area contributed by atoms with E-state index >= 15 is 0 Å². The predicted molar refractivity (Wildman–Crippen MR) is 165 cm³/mol. The summed E-state index contributed by atoms with van der Waals surface area (Å²) in [7, 11) is 7.18. The van der Waals surface area contributed by atoms with Crippen LogP contribution < -0.4 is 14.8 Å². The molecule has 0 bridgehead atoms. The van der Waals surface area contributed by atoms with Crippen LogP contribution in [-0.2, 0) is 0 Å². The molecule has 8 heteroatoms. The predicted octanol–water partition coefficient (Wildman–Crippen LogP) is 4.84. The maximum Gasteiger partial charge on any atom is 0.251 e. The Kier molecular flexibility index (Phi) is 7.19. The average Bonchev–Trinajstić information content (AvgIpc) is 3.59. The van der Waals surface area contributed by atoms with E-state index in [0.717, 1.165) is 38.5 Å². The van der Waals surface area contributed by atoms with Crippen molar-refractivity contribution < 1.29 is 29.6 Å². The summed E-state index contributed by atoms with van der Waals surface area (Å²) in [6.07, 6.45) is 8.23. The van der Waals surface area contributed by atoms with Crippen LogP contribution in [-0.4, -0.2) is 79.2 Å². The number of benzene rings is 1. The van der Waals surface area contributed by atoms with Gasteiger partial charge in [-0.05, 0) is 118 Å². The minimum absolute atomic E-state index is 0.0312. The van der Waals surface area contributed by atoms with E-state index < -0.39 is 5.41 Å². The van der Waals surface area contributed by atoms with Crippen molar-refractivity contribution in [3.8, 4) is 17.2 Å². The zero-order valence-electron chi connectivity index (χ0n) is 27.5. The van der Waals surface area contributed by atoms with Gasteiger partial charge in [-0.15, -0.1) is 0 Å². The van der Waals surface area contributed by atoms with Gasteiger partial charge in [0.1, 0.15) is 0 Å². The molecule has 5 fully saturated rings. The number of hydrogen-bond donors (Lipinski definition) is 4. The Morgan fingerprint density at radius 3 is 2.19 bits per heavy atom. The van der Waals surface area contributed by atoms with Gasteiger partial charge in [0.2, 0.25) is 5.75 Å². The summed E-state index contributed by atoms with van der Waals surface area (Å²) in [5.74, 6) is 1.17. The Balaban J connectivity index is 1.27. The zero-order valence-corrected chi connectivity index (χ0v) is 27.5. The average molecular weight is 599 g/mol. The number of aromatic hydroxyl groups is 1. The number of carbonyl (C=O) groups is 1. The van der Waals surface area contributed by atoms with Crippen molar-refractivity contribution in [2.75, 3.05) is 34.9 Å². The monoisotopic (exact) mass is 598 g/mol. The van der Waals surface area contributed by atoms with Gasteiger partial charge in [0.15, 0.2) is 11.5 Å². The Hall–Kier alpha value is -2.03. The number of fused-ring (bicyclic) bond motifs is 2. The molecular formula is C35H54N2O6. The normalized spacial score (nSPS) is 45.3. The Bertz CT molecular complexity index is 1260. The van der Waals surface area contributed by atoms with Gasteiger partial charge in [0.25, 0.3) is 5.91 Å². The molecular weight excluding hydrogens is 544 g/mol. The number of hydrogen-bond acceptors (Lipinski definition) is 7. The highest BCUT2D eigenvalue weighted by Gasteiger charge is 2.83. The Morgan fingerprint density at radius 1 is 1.00 bits per heavy atom. The van der Waals surface area contributed by atoms with Crippen molar-refractivity contribution >= 4 is 5.91 Å². The van der Waals surface area contributed by atoms with Gasteiger partial charge in [-0.3, -0.25) is 4.79 Å². The molecule has 5 aliphatic rings. The zero-order chi connectivity index (χ0) is 31.3. The number of amides is 1. The van der Waals surface area contributed by atoms with Crippen molar-refractivity contribution in [3.05, 3.63) is 17.7 Å². The number of phenols is 1. The number of aliphatic hydroxyl groups is 2. The molecule has 0 aliphatic heterocycles. The summed E-state index contributed by atoms with van der Waals surface area (Å²) >= 11 is 0. The lowest BCUT2D eigenvalue weighted by Gasteiger charge is -2.63. The molecule has 0 aromatic heterocycles. The van der Waals surface area contributed by atoms with Crippen LogP contribution in [0, 0.1) is 44.8 Å². The van der Waals surface area contributed by atoms with Crippen molar-refractivity contribution in [1.29, 1.82) is 0 Å². The third-order valence-electron chi connectivity index (χ3n) is 14.7. The van der Waals surface area contributed by atoms with E-state index in [1.165, 1.54) is 39.2 Å². The molecule has 5 saturated carbocycles. The van der Waals surface area contributed by atoms with Gasteiger partial charge in [0.05, 0.1) is 26.9 Å². The van der Waals surface area contributed by atoms with Crippen LogP contribution in [0.3, 0.4) is 0 Å². The first-order valence-electron chi connectivity index (χ1n) is 16.4. The van der Waals surface area contributed by atoms with Crippen LogP contribution >= 0.6 is 0 Å². The molecule has 1 aromatic carbocycles. The number of phenolic OH excluding ortho intramolecular Hbond substituents is 1. The number of methoxy groups -OCH3 is 2. The quantitative estimate of drug-likeness (QED) is 0.356. The maximum atomic E-state index is 13.6. The lowest BCUT2D eigenvalue weighted by Crippen LogP contribution is -2.62. The van der Waals surface area contributed by atoms with Gasteiger partial charge >= 0.3 is 0 Å². The van der Waals surface area contributed by atoms with Gasteiger partial charge in [-0.25, -0.2) is 0 Å². The number of carbonyl (C=O) groups excluding carboxylic acids is 1. The first kappa shape index (κ1) is 31.0. The number of rotatable bonds is 7. The first-order chi connectivity index (χ1) is 20.2. The molecule has 1 amide bonds. The summed E-state index contributed by atoms with van der Waals surface area (Å²) in [5, 5.41) is 36.2. The molecule has 1 aromatic rings. The lowest BCUT2D eigenvalue weighted by molar-refractivity contribution is -0.154. The van der Waals surface area contributed by atoms with Gasteiger partial charge in [-0.2, -0.15) is 0 Å². The van der Waals surface area contributed by atoms with Crippen LogP contribution in [0.25, 0.3) is 0 Å². The second-order valence-corrected chi connectivity index (χ2v) is 16.0.